The normalized spacial score (nSPS) is 18.5. The van der Waals surface area contributed by atoms with Crippen molar-refractivity contribution in [3.05, 3.63) is 23.8 Å². The molecule has 0 saturated heterocycles. The molecule has 0 aliphatic carbocycles. The first kappa shape index (κ1) is 12.7. The number of methoxy groups -OCH3 is 2. The molecule has 98 valence electrons. The van der Waals surface area contributed by atoms with E-state index >= 15 is 0 Å². The third-order valence-electron chi connectivity index (χ3n) is 3.08. The van der Waals surface area contributed by atoms with Crippen LogP contribution in [-0.4, -0.2) is 32.8 Å². The molecule has 0 radical (unpaired) electrons. The lowest BCUT2D eigenvalue weighted by Gasteiger charge is -2.09. The number of rotatable bonds is 4. The minimum Gasteiger partial charge on any atom is -0.497 e. The minimum absolute atomic E-state index is 0.229. The molecule has 1 aliphatic heterocycles. The monoisotopic (exact) mass is 249 g/mol. The first-order chi connectivity index (χ1) is 8.65. The smallest absolute Gasteiger partial charge is 0.220 e. The molecule has 1 aromatic rings. The van der Waals surface area contributed by atoms with Crippen molar-refractivity contribution < 1.29 is 14.2 Å². The fourth-order valence-electron chi connectivity index (χ4n) is 1.85. The minimum atomic E-state index is 0.229. The maximum absolute atomic E-state index is 5.66. The Labute approximate surface area is 108 Å². The summed E-state index contributed by atoms with van der Waals surface area (Å²) in [5.41, 5.74) is 0.876. The second-order valence-corrected chi connectivity index (χ2v) is 4.62. The Balaban J connectivity index is 2.31. The zero-order valence-electron chi connectivity index (χ0n) is 11.3. The Morgan fingerprint density at radius 3 is 2.61 bits per heavy atom. The average molecular weight is 249 g/mol. The molecule has 4 heteroatoms. The predicted molar refractivity (Wildman–Crippen MR) is 70.7 cm³/mol. The average Bonchev–Trinajstić information content (AvgIpc) is 2.87. The van der Waals surface area contributed by atoms with Crippen LogP contribution in [0.25, 0.3) is 0 Å². The summed E-state index contributed by atoms with van der Waals surface area (Å²) in [6.45, 7) is 4.93. The highest BCUT2D eigenvalue weighted by Gasteiger charge is 2.24. The molecule has 1 aliphatic rings. The highest BCUT2D eigenvalue weighted by Crippen LogP contribution is 2.28. The van der Waals surface area contributed by atoms with Crippen molar-refractivity contribution in [3.63, 3.8) is 0 Å². The highest BCUT2D eigenvalue weighted by atomic mass is 16.5. The van der Waals surface area contributed by atoms with Crippen LogP contribution in [-0.2, 0) is 4.74 Å². The van der Waals surface area contributed by atoms with Gasteiger partial charge in [0, 0.05) is 6.07 Å². The van der Waals surface area contributed by atoms with E-state index in [0.29, 0.717) is 18.4 Å². The quantitative estimate of drug-likeness (QED) is 0.823. The summed E-state index contributed by atoms with van der Waals surface area (Å²) >= 11 is 0. The Morgan fingerprint density at radius 2 is 2.06 bits per heavy atom. The molecule has 0 N–H and O–H groups in total. The van der Waals surface area contributed by atoms with E-state index in [1.807, 2.05) is 18.2 Å². The maximum Gasteiger partial charge on any atom is 0.220 e. The van der Waals surface area contributed by atoms with Crippen molar-refractivity contribution in [1.82, 2.24) is 0 Å². The van der Waals surface area contributed by atoms with Crippen LogP contribution in [0.4, 0.5) is 0 Å². The summed E-state index contributed by atoms with van der Waals surface area (Å²) in [7, 11) is 3.26. The molecule has 2 rings (SSSR count). The van der Waals surface area contributed by atoms with Crippen LogP contribution in [0.1, 0.15) is 19.4 Å². The standard InChI is InChI=1S/C14H19NO3/c1-9(2)12-8-18-14(15-12)11-6-5-10(16-3)7-13(11)17-4/h5-7,9,12H,8H2,1-4H3. The van der Waals surface area contributed by atoms with Gasteiger partial charge in [-0.1, -0.05) is 13.8 Å². The maximum atomic E-state index is 5.66. The van der Waals surface area contributed by atoms with E-state index in [9.17, 15) is 0 Å². The van der Waals surface area contributed by atoms with Crippen LogP contribution >= 0.6 is 0 Å². The molecule has 0 bridgehead atoms. The van der Waals surface area contributed by atoms with Gasteiger partial charge in [0.1, 0.15) is 18.1 Å². The molecule has 18 heavy (non-hydrogen) atoms. The van der Waals surface area contributed by atoms with Gasteiger partial charge in [-0.05, 0) is 18.1 Å². The van der Waals surface area contributed by atoms with Crippen LogP contribution in [0.2, 0.25) is 0 Å². The lowest BCUT2D eigenvalue weighted by Crippen LogP contribution is -2.13. The Bertz CT molecular complexity index is 454. The first-order valence-electron chi connectivity index (χ1n) is 6.08. The molecule has 0 spiro atoms. The molecule has 1 unspecified atom stereocenters. The Hall–Kier alpha value is -1.71. The van der Waals surface area contributed by atoms with Gasteiger partial charge in [0.25, 0.3) is 0 Å². The highest BCUT2D eigenvalue weighted by molar-refractivity contribution is 5.98. The third-order valence-corrected chi connectivity index (χ3v) is 3.08. The molecule has 0 fully saturated rings. The fourth-order valence-corrected chi connectivity index (χ4v) is 1.85. The topological polar surface area (TPSA) is 40.0 Å². The molecule has 0 amide bonds. The predicted octanol–water partition coefficient (Wildman–Crippen LogP) is 2.51. The number of hydrogen-bond donors (Lipinski definition) is 0. The van der Waals surface area contributed by atoms with E-state index in [0.717, 1.165) is 17.1 Å². The molecular formula is C14H19NO3. The van der Waals surface area contributed by atoms with E-state index < -0.39 is 0 Å². The lowest BCUT2D eigenvalue weighted by atomic mass is 10.1. The number of benzene rings is 1. The van der Waals surface area contributed by atoms with E-state index in [-0.39, 0.29) is 6.04 Å². The summed E-state index contributed by atoms with van der Waals surface area (Å²) < 4.78 is 16.2. The van der Waals surface area contributed by atoms with Crippen molar-refractivity contribution in [1.29, 1.82) is 0 Å². The second-order valence-electron chi connectivity index (χ2n) is 4.62. The van der Waals surface area contributed by atoms with Gasteiger partial charge in [-0.2, -0.15) is 0 Å². The fraction of sp³-hybridized carbons (Fsp3) is 0.500. The summed E-state index contributed by atoms with van der Waals surface area (Å²) in [5, 5.41) is 0. The SMILES string of the molecule is COc1ccc(C2=NC(C(C)C)CO2)c(OC)c1. The van der Waals surface area contributed by atoms with Crippen molar-refractivity contribution in [2.75, 3.05) is 20.8 Å². The zero-order chi connectivity index (χ0) is 13.1. The molecule has 0 saturated carbocycles. The van der Waals surface area contributed by atoms with E-state index in [1.54, 1.807) is 14.2 Å². The third kappa shape index (κ3) is 2.42. The van der Waals surface area contributed by atoms with E-state index in [4.69, 9.17) is 14.2 Å². The first-order valence-corrected chi connectivity index (χ1v) is 6.08. The van der Waals surface area contributed by atoms with Gasteiger partial charge in [-0.25, -0.2) is 4.99 Å². The van der Waals surface area contributed by atoms with Crippen LogP contribution in [0.3, 0.4) is 0 Å². The summed E-state index contributed by atoms with van der Waals surface area (Å²) in [6, 6.07) is 5.86. The van der Waals surface area contributed by atoms with Gasteiger partial charge in [0.2, 0.25) is 5.90 Å². The van der Waals surface area contributed by atoms with Gasteiger partial charge < -0.3 is 14.2 Å². The van der Waals surface area contributed by atoms with Gasteiger partial charge >= 0.3 is 0 Å². The van der Waals surface area contributed by atoms with Crippen LogP contribution < -0.4 is 9.47 Å². The molecule has 4 nitrogen and oxygen atoms in total. The molecule has 1 atom stereocenters. The lowest BCUT2D eigenvalue weighted by molar-refractivity contribution is 0.290. The second kappa shape index (κ2) is 5.29. The largest absolute Gasteiger partial charge is 0.497 e. The summed E-state index contributed by atoms with van der Waals surface area (Å²) in [6.07, 6.45) is 0. The van der Waals surface area contributed by atoms with Crippen LogP contribution in [0.5, 0.6) is 11.5 Å². The van der Waals surface area contributed by atoms with Crippen molar-refractivity contribution in [2.45, 2.75) is 19.9 Å². The van der Waals surface area contributed by atoms with Gasteiger partial charge in [-0.15, -0.1) is 0 Å². The van der Waals surface area contributed by atoms with E-state index in [2.05, 4.69) is 18.8 Å². The summed E-state index contributed by atoms with van der Waals surface area (Å²) in [5.74, 6) is 2.62. The van der Waals surface area contributed by atoms with Crippen LogP contribution in [0, 0.1) is 5.92 Å². The molecule has 1 aromatic carbocycles. The summed E-state index contributed by atoms with van der Waals surface area (Å²) in [4.78, 5) is 4.60. The van der Waals surface area contributed by atoms with Crippen molar-refractivity contribution in [3.8, 4) is 11.5 Å². The Kier molecular flexibility index (Phi) is 3.75. The number of ether oxygens (including phenoxy) is 3. The zero-order valence-corrected chi connectivity index (χ0v) is 11.3. The Morgan fingerprint density at radius 1 is 1.28 bits per heavy atom. The van der Waals surface area contributed by atoms with Crippen molar-refractivity contribution >= 4 is 5.90 Å². The number of hydrogen-bond acceptors (Lipinski definition) is 4. The molecule has 0 aromatic heterocycles. The molecule has 1 heterocycles. The van der Waals surface area contributed by atoms with Gasteiger partial charge in [0.05, 0.1) is 25.8 Å². The van der Waals surface area contributed by atoms with E-state index in [1.165, 1.54) is 0 Å². The van der Waals surface area contributed by atoms with Crippen molar-refractivity contribution in [2.24, 2.45) is 10.9 Å². The van der Waals surface area contributed by atoms with Crippen LogP contribution in [0.15, 0.2) is 23.2 Å². The molecular weight excluding hydrogens is 230 g/mol. The number of nitrogens with zero attached hydrogens (tertiary/aromatic N) is 1. The van der Waals surface area contributed by atoms with Gasteiger partial charge in [0.15, 0.2) is 0 Å². The number of aliphatic imine (C=N–C) groups is 1. The van der Waals surface area contributed by atoms with Gasteiger partial charge in [-0.3, -0.25) is 0 Å².